The van der Waals surface area contributed by atoms with Crippen LogP contribution in [0.3, 0.4) is 0 Å². The van der Waals surface area contributed by atoms with Gasteiger partial charge >= 0.3 is 0 Å². The van der Waals surface area contributed by atoms with Crippen LogP contribution in [0.25, 0.3) is 0 Å². The number of nitriles is 1. The maximum absolute atomic E-state index is 12.3. The number of likely N-dealkylation sites (N-methyl/N-ethyl adjacent to an activating group) is 1. The summed E-state index contributed by atoms with van der Waals surface area (Å²) in [7, 11) is 2.06. The van der Waals surface area contributed by atoms with E-state index in [1.54, 1.807) is 6.92 Å². The first-order valence-electron chi connectivity index (χ1n) is 6.59. The van der Waals surface area contributed by atoms with E-state index in [1.165, 1.54) is 6.07 Å². The number of pyridine rings is 1. The van der Waals surface area contributed by atoms with Gasteiger partial charge in [0.25, 0.3) is 5.56 Å². The molecule has 6 nitrogen and oxygen atoms in total. The zero-order chi connectivity index (χ0) is 14.7. The second kappa shape index (κ2) is 5.99. The van der Waals surface area contributed by atoms with Gasteiger partial charge in [0.15, 0.2) is 5.78 Å². The van der Waals surface area contributed by atoms with Gasteiger partial charge in [0.1, 0.15) is 11.6 Å². The maximum atomic E-state index is 12.3. The Morgan fingerprint density at radius 2 is 2.05 bits per heavy atom. The first kappa shape index (κ1) is 14.4. The monoisotopic (exact) mass is 274 g/mol. The van der Waals surface area contributed by atoms with Crippen molar-refractivity contribution in [1.82, 2.24) is 14.8 Å². The van der Waals surface area contributed by atoms with Gasteiger partial charge < -0.3 is 9.88 Å². The highest BCUT2D eigenvalue weighted by Crippen LogP contribution is 2.08. The van der Waals surface area contributed by atoms with E-state index in [-0.39, 0.29) is 11.3 Å². The van der Waals surface area contributed by atoms with Gasteiger partial charge in [-0.3, -0.25) is 14.5 Å². The van der Waals surface area contributed by atoms with Gasteiger partial charge in [0, 0.05) is 37.4 Å². The first-order valence-corrected chi connectivity index (χ1v) is 6.59. The summed E-state index contributed by atoms with van der Waals surface area (Å²) in [4.78, 5) is 30.7. The SMILES string of the molecule is Cc1[nH]c(=O)c(C#N)cc1C(=O)CN1CCN(C)CC1. The average Bonchev–Trinajstić information content (AvgIpc) is 2.41. The summed E-state index contributed by atoms with van der Waals surface area (Å²) in [6.07, 6.45) is 0. The summed E-state index contributed by atoms with van der Waals surface area (Å²) >= 11 is 0. The third kappa shape index (κ3) is 3.13. The third-order valence-corrected chi connectivity index (χ3v) is 3.62. The number of aryl methyl sites for hydroxylation is 1. The van der Waals surface area contributed by atoms with Gasteiger partial charge in [-0.15, -0.1) is 0 Å². The molecule has 20 heavy (non-hydrogen) atoms. The molecule has 1 aromatic rings. The molecule has 2 rings (SSSR count). The predicted molar refractivity (Wildman–Crippen MR) is 74.8 cm³/mol. The summed E-state index contributed by atoms with van der Waals surface area (Å²) in [5.74, 6) is -0.0557. The number of carbonyl (C=O) groups is 1. The lowest BCUT2D eigenvalue weighted by molar-refractivity contribution is 0.0875. The number of ketones is 1. The Morgan fingerprint density at radius 1 is 1.40 bits per heavy atom. The fraction of sp³-hybridized carbons (Fsp3) is 0.500. The Labute approximate surface area is 117 Å². The number of carbonyl (C=O) groups excluding carboxylic acids is 1. The number of rotatable bonds is 3. The van der Waals surface area contributed by atoms with E-state index in [9.17, 15) is 9.59 Å². The molecule has 0 atom stereocenters. The van der Waals surface area contributed by atoms with E-state index >= 15 is 0 Å². The van der Waals surface area contributed by atoms with Crippen molar-refractivity contribution < 1.29 is 4.79 Å². The smallest absolute Gasteiger partial charge is 0.266 e. The van der Waals surface area contributed by atoms with E-state index in [0.717, 1.165) is 26.2 Å². The van der Waals surface area contributed by atoms with Crippen molar-refractivity contribution in [3.63, 3.8) is 0 Å². The van der Waals surface area contributed by atoms with E-state index in [0.29, 0.717) is 17.8 Å². The number of hydrogen-bond acceptors (Lipinski definition) is 5. The molecule has 0 saturated carbocycles. The van der Waals surface area contributed by atoms with E-state index in [2.05, 4.69) is 21.8 Å². The summed E-state index contributed by atoms with van der Waals surface area (Å²) in [6, 6.07) is 3.21. The Hall–Kier alpha value is -1.97. The minimum atomic E-state index is -0.443. The van der Waals surface area contributed by atoms with Crippen LogP contribution in [-0.2, 0) is 0 Å². The topological polar surface area (TPSA) is 80.2 Å². The normalized spacial score (nSPS) is 16.9. The molecule has 0 aromatic carbocycles. The second-order valence-electron chi connectivity index (χ2n) is 5.17. The summed E-state index contributed by atoms with van der Waals surface area (Å²) in [5, 5.41) is 8.87. The Bertz CT molecular complexity index is 607. The van der Waals surface area contributed by atoms with E-state index in [1.807, 2.05) is 6.07 Å². The van der Waals surface area contributed by atoms with Crippen molar-refractivity contribution in [2.45, 2.75) is 6.92 Å². The quantitative estimate of drug-likeness (QED) is 0.784. The van der Waals surface area contributed by atoms with E-state index in [4.69, 9.17) is 5.26 Å². The van der Waals surface area contributed by atoms with E-state index < -0.39 is 5.56 Å². The number of aromatic nitrogens is 1. The molecule has 1 aliphatic rings. The molecule has 1 aromatic heterocycles. The standard InChI is InChI=1S/C14H18N4O2/c1-10-12(7-11(8-15)14(20)16-10)13(19)9-18-5-3-17(2)4-6-18/h7H,3-6,9H2,1-2H3,(H,16,20). The largest absolute Gasteiger partial charge is 0.325 e. The van der Waals surface area contributed by atoms with Crippen molar-refractivity contribution in [3.8, 4) is 6.07 Å². The first-order chi connectivity index (χ1) is 9.51. The third-order valence-electron chi connectivity index (χ3n) is 3.62. The van der Waals surface area contributed by atoms with Crippen molar-refractivity contribution in [2.75, 3.05) is 39.8 Å². The van der Waals surface area contributed by atoms with Crippen LogP contribution in [-0.4, -0.2) is 60.3 Å². The van der Waals surface area contributed by atoms with Crippen LogP contribution in [0.2, 0.25) is 0 Å². The van der Waals surface area contributed by atoms with Gasteiger partial charge in [-0.2, -0.15) is 5.26 Å². The highest BCUT2D eigenvalue weighted by atomic mass is 16.1. The highest BCUT2D eigenvalue weighted by molar-refractivity contribution is 5.98. The molecule has 0 spiro atoms. The minimum Gasteiger partial charge on any atom is -0.325 e. The lowest BCUT2D eigenvalue weighted by Gasteiger charge is -2.31. The number of H-pyrrole nitrogens is 1. The Kier molecular flexibility index (Phi) is 4.32. The second-order valence-corrected chi connectivity index (χ2v) is 5.17. The van der Waals surface area contributed by atoms with Crippen LogP contribution in [0, 0.1) is 18.3 Å². The molecule has 6 heteroatoms. The lowest BCUT2D eigenvalue weighted by atomic mass is 10.1. The summed E-state index contributed by atoms with van der Waals surface area (Å²) < 4.78 is 0. The fourth-order valence-electron chi connectivity index (χ4n) is 2.29. The van der Waals surface area contributed by atoms with Crippen LogP contribution >= 0.6 is 0 Å². The average molecular weight is 274 g/mol. The predicted octanol–water partition coefficient (Wildman–Crippen LogP) is -0.0149. The fourth-order valence-corrected chi connectivity index (χ4v) is 2.29. The molecule has 1 saturated heterocycles. The number of piperazine rings is 1. The molecule has 0 radical (unpaired) electrons. The van der Waals surface area contributed by atoms with Crippen molar-refractivity contribution in [3.05, 3.63) is 33.2 Å². The molecular formula is C14H18N4O2. The van der Waals surface area contributed by atoms with Gasteiger partial charge in [-0.25, -0.2) is 0 Å². The number of nitrogens with one attached hydrogen (secondary N) is 1. The van der Waals surface area contributed by atoms with Crippen LogP contribution in [0.15, 0.2) is 10.9 Å². The summed E-state index contributed by atoms with van der Waals surface area (Å²) in [6.45, 7) is 5.61. The number of Topliss-reactive ketones (excluding diaryl/α,β-unsaturated/α-hetero) is 1. The number of nitrogens with zero attached hydrogens (tertiary/aromatic N) is 3. The molecule has 106 valence electrons. The van der Waals surface area contributed by atoms with Crippen LogP contribution in [0.1, 0.15) is 21.6 Å². The zero-order valence-electron chi connectivity index (χ0n) is 11.8. The van der Waals surface area contributed by atoms with Gasteiger partial charge in [0.05, 0.1) is 6.54 Å². The molecular weight excluding hydrogens is 256 g/mol. The molecule has 0 unspecified atom stereocenters. The van der Waals surface area contributed by atoms with Crippen molar-refractivity contribution >= 4 is 5.78 Å². The maximum Gasteiger partial charge on any atom is 0.266 e. The molecule has 0 bridgehead atoms. The van der Waals surface area contributed by atoms with Crippen molar-refractivity contribution in [1.29, 1.82) is 5.26 Å². The van der Waals surface area contributed by atoms with Gasteiger partial charge in [-0.1, -0.05) is 0 Å². The Morgan fingerprint density at radius 3 is 2.65 bits per heavy atom. The number of hydrogen-bond donors (Lipinski definition) is 1. The van der Waals surface area contributed by atoms with Crippen LogP contribution in [0.4, 0.5) is 0 Å². The molecule has 0 amide bonds. The zero-order valence-corrected chi connectivity index (χ0v) is 11.8. The molecule has 1 N–H and O–H groups in total. The lowest BCUT2D eigenvalue weighted by Crippen LogP contribution is -2.46. The van der Waals surface area contributed by atoms with Gasteiger partial charge in [-0.05, 0) is 20.0 Å². The van der Waals surface area contributed by atoms with Crippen LogP contribution in [0.5, 0.6) is 0 Å². The molecule has 2 heterocycles. The van der Waals surface area contributed by atoms with Crippen LogP contribution < -0.4 is 5.56 Å². The highest BCUT2D eigenvalue weighted by Gasteiger charge is 2.19. The molecule has 1 aliphatic heterocycles. The Balaban J connectivity index is 2.13. The number of aromatic amines is 1. The molecule has 0 aliphatic carbocycles. The summed E-state index contributed by atoms with van der Waals surface area (Å²) in [5.41, 5.74) is 0.492. The van der Waals surface area contributed by atoms with Gasteiger partial charge in [0.2, 0.25) is 0 Å². The van der Waals surface area contributed by atoms with Crippen molar-refractivity contribution in [2.24, 2.45) is 0 Å². The molecule has 1 fully saturated rings. The minimum absolute atomic E-state index is 0.0164.